The summed E-state index contributed by atoms with van der Waals surface area (Å²) in [7, 11) is 1.21. The second kappa shape index (κ2) is 16.1. The van der Waals surface area contributed by atoms with Gasteiger partial charge in [-0.05, 0) is 82.3 Å². The molecule has 0 spiro atoms. The van der Waals surface area contributed by atoms with Crippen molar-refractivity contribution in [2.24, 2.45) is 17.3 Å². The second-order valence-electron chi connectivity index (χ2n) is 13.6. The molecule has 2 fully saturated rings. The molecule has 3 rings (SSSR count). The minimum absolute atomic E-state index is 0.0469. The van der Waals surface area contributed by atoms with Gasteiger partial charge < -0.3 is 40.2 Å². The predicted molar refractivity (Wildman–Crippen MR) is 171 cm³/mol. The van der Waals surface area contributed by atoms with E-state index in [9.17, 15) is 39.2 Å². The normalized spacial score (nSPS) is 20.4. The molecule has 16 heteroatoms. The topological polar surface area (TPSA) is 216 Å². The number of alkyl carbamates (subject to hydrolysis) is 1. The number of nitro groups is 1. The molecule has 48 heavy (non-hydrogen) atoms. The molecule has 1 aromatic rings. The molecule has 1 aliphatic carbocycles. The van der Waals surface area contributed by atoms with Crippen molar-refractivity contribution in [2.75, 3.05) is 26.8 Å². The van der Waals surface area contributed by atoms with Crippen molar-refractivity contribution in [3.63, 3.8) is 0 Å². The fourth-order valence-corrected chi connectivity index (χ4v) is 6.11. The number of nitrogens with zero attached hydrogens (tertiary/aromatic N) is 2. The summed E-state index contributed by atoms with van der Waals surface area (Å²) < 4.78 is 15.4. The van der Waals surface area contributed by atoms with Crippen LogP contribution in [0.15, 0.2) is 24.3 Å². The van der Waals surface area contributed by atoms with Gasteiger partial charge in [-0.25, -0.2) is 14.4 Å². The van der Waals surface area contributed by atoms with Crippen molar-refractivity contribution in [2.45, 2.75) is 90.4 Å². The van der Waals surface area contributed by atoms with Crippen LogP contribution in [0.1, 0.15) is 66.7 Å². The van der Waals surface area contributed by atoms with E-state index < -0.39 is 58.6 Å². The molecule has 1 aliphatic heterocycles. The zero-order valence-electron chi connectivity index (χ0n) is 28.3. The number of likely N-dealkylation sites (tertiary alicyclic amines) is 1. The van der Waals surface area contributed by atoms with Gasteiger partial charge in [-0.15, -0.1) is 0 Å². The molecule has 0 bridgehead atoms. The number of non-ortho nitro benzene ring substituents is 1. The SMILES string of the molecule is COC(=O)C(CCCCNC(=O)Oc1ccc([N+](=O)[O-])cc1)NC(=O)[C@@H]1[C@@H]2C(CN1C(=O)[C@H](CCCO)NC(=O)OC(C)(C)C)C2(C)C. The van der Waals surface area contributed by atoms with E-state index in [1.807, 2.05) is 13.8 Å². The Kier molecular flexibility index (Phi) is 12.7. The van der Waals surface area contributed by atoms with Crippen LogP contribution in [0, 0.1) is 27.4 Å². The first kappa shape index (κ1) is 38.0. The van der Waals surface area contributed by atoms with Gasteiger partial charge in [-0.3, -0.25) is 19.7 Å². The summed E-state index contributed by atoms with van der Waals surface area (Å²) in [6, 6.07) is 2.10. The highest BCUT2D eigenvalue weighted by Crippen LogP contribution is 2.65. The maximum Gasteiger partial charge on any atom is 0.412 e. The number of hydrogen-bond donors (Lipinski definition) is 4. The Morgan fingerprint density at radius 2 is 1.67 bits per heavy atom. The maximum atomic E-state index is 13.8. The Labute approximate surface area is 279 Å². The Bertz CT molecular complexity index is 1340. The number of unbranched alkanes of at least 4 members (excludes halogenated alkanes) is 1. The highest BCUT2D eigenvalue weighted by Gasteiger charge is 2.69. The third-order valence-corrected chi connectivity index (χ3v) is 8.65. The minimum atomic E-state index is -1.03. The number of hydrogen-bond acceptors (Lipinski definition) is 11. The molecule has 266 valence electrons. The smallest absolute Gasteiger partial charge is 0.412 e. The van der Waals surface area contributed by atoms with Crippen molar-refractivity contribution in [1.82, 2.24) is 20.9 Å². The highest BCUT2D eigenvalue weighted by molar-refractivity contribution is 5.94. The highest BCUT2D eigenvalue weighted by atomic mass is 16.6. The number of nitrogens with one attached hydrogen (secondary N) is 3. The summed E-state index contributed by atoms with van der Waals surface area (Å²) in [5.41, 5.74) is -1.15. The number of piperidine rings is 1. The van der Waals surface area contributed by atoms with Crippen LogP contribution in [-0.4, -0.2) is 95.4 Å². The summed E-state index contributed by atoms with van der Waals surface area (Å²) in [6.07, 6.45) is -0.146. The Morgan fingerprint density at radius 1 is 1.02 bits per heavy atom. The standard InChI is InChI=1S/C32H47N5O11/c1-31(2,3)48-30(43)35-22(11-9-17-38)27(40)36-18-21-24(32(21,4)5)25(36)26(39)34-23(28(41)46-6)10-7-8-16-33-29(42)47-20-14-12-19(13-15-20)37(44)45/h12-15,21-25,38H,7-11,16-18H2,1-6H3,(H,33,42)(H,34,39)(H,35,43)/t21?,22-,23?,24-,25-/m0/s1. The molecule has 0 aromatic heterocycles. The number of rotatable bonds is 15. The molecular weight excluding hydrogens is 630 g/mol. The number of benzene rings is 1. The van der Waals surface area contributed by atoms with E-state index in [4.69, 9.17) is 14.2 Å². The molecule has 4 N–H and O–H groups in total. The summed E-state index contributed by atoms with van der Waals surface area (Å²) >= 11 is 0. The van der Waals surface area contributed by atoms with E-state index in [2.05, 4.69) is 16.0 Å². The molecule has 1 saturated carbocycles. The molecule has 5 atom stereocenters. The number of nitro benzene ring substituents is 1. The molecule has 0 radical (unpaired) electrons. The van der Waals surface area contributed by atoms with Crippen LogP contribution in [-0.2, 0) is 23.9 Å². The molecule has 1 aromatic carbocycles. The fraction of sp³-hybridized carbons (Fsp3) is 0.656. The van der Waals surface area contributed by atoms with Crippen LogP contribution in [0.4, 0.5) is 15.3 Å². The lowest BCUT2D eigenvalue weighted by atomic mass is 9.98. The van der Waals surface area contributed by atoms with Gasteiger partial charge in [0.2, 0.25) is 11.8 Å². The molecule has 4 amide bonds. The minimum Gasteiger partial charge on any atom is -0.467 e. The van der Waals surface area contributed by atoms with Gasteiger partial charge in [-0.1, -0.05) is 13.8 Å². The van der Waals surface area contributed by atoms with Crippen LogP contribution in [0.3, 0.4) is 0 Å². The van der Waals surface area contributed by atoms with E-state index in [1.54, 1.807) is 20.8 Å². The second-order valence-corrected chi connectivity index (χ2v) is 13.6. The lowest BCUT2D eigenvalue weighted by Crippen LogP contribution is -2.57. The van der Waals surface area contributed by atoms with Crippen LogP contribution >= 0.6 is 0 Å². The van der Waals surface area contributed by atoms with E-state index in [-0.39, 0.29) is 61.1 Å². The van der Waals surface area contributed by atoms with Crippen molar-refractivity contribution in [3.8, 4) is 5.75 Å². The van der Waals surface area contributed by atoms with Crippen LogP contribution < -0.4 is 20.7 Å². The summed E-state index contributed by atoms with van der Waals surface area (Å²) in [5, 5.41) is 28.1. The first-order valence-electron chi connectivity index (χ1n) is 16.0. The average molecular weight is 678 g/mol. The van der Waals surface area contributed by atoms with E-state index >= 15 is 0 Å². The molecule has 2 unspecified atom stereocenters. The van der Waals surface area contributed by atoms with Crippen LogP contribution in [0.25, 0.3) is 0 Å². The van der Waals surface area contributed by atoms with Crippen molar-refractivity contribution in [3.05, 3.63) is 34.4 Å². The lowest BCUT2D eigenvalue weighted by molar-refractivity contribution is -0.384. The number of carbonyl (C=O) groups is 5. The number of esters is 1. The molecule has 1 heterocycles. The molecule has 2 aliphatic rings. The van der Waals surface area contributed by atoms with E-state index in [1.165, 1.54) is 36.3 Å². The summed E-state index contributed by atoms with van der Waals surface area (Å²) in [6.45, 7) is 9.41. The third-order valence-electron chi connectivity index (χ3n) is 8.65. The number of fused-ring (bicyclic) bond motifs is 1. The Hall–Kier alpha value is -4.47. The van der Waals surface area contributed by atoms with Gasteiger partial charge in [0.1, 0.15) is 29.5 Å². The number of amides is 4. The van der Waals surface area contributed by atoms with Crippen molar-refractivity contribution < 1.29 is 48.2 Å². The van der Waals surface area contributed by atoms with Crippen LogP contribution in [0.5, 0.6) is 5.75 Å². The largest absolute Gasteiger partial charge is 0.467 e. The predicted octanol–water partition coefficient (Wildman–Crippen LogP) is 2.66. The molecular formula is C32H47N5O11. The van der Waals surface area contributed by atoms with Crippen molar-refractivity contribution in [1.29, 1.82) is 0 Å². The number of aliphatic hydroxyl groups excluding tert-OH is 1. The first-order chi connectivity index (χ1) is 22.5. The third kappa shape index (κ3) is 10.0. The zero-order valence-corrected chi connectivity index (χ0v) is 28.3. The first-order valence-corrected chi connectivity index (χ1v) is 16.0. The monoisotopic (exact) mass is 677 g/mol. The average Bonchev–Trinajstić information content (AvgIpc) is 3.32. The lowest BCUT2D eigenvalue weighted by Gasteiger charge is -2.34. The quantitative estimate of drug-likeness (QED) is 0.0916. The van der Waals surface area contributed by atoms with Crippen molar-refractivity contribution >= 4 is 35.7 Å². The van der Waals surface area contributed by atoms with Gasteiger partial charge in [-0.2, -0.15) is 0 Å². The Morgan fingerprint density at radius 3 is 2.25 bits per heavy atom. The van der Waals surface area contributed by atoms with Gasteiger partial charge in [0.25, 0.3) is 5.69 Å². The number of carbonyl (C=O) groups excluding carboxylic acids is 5. The van der Waals surface area contributed by atoms with Gasteiger partial charge in [0, 0.05) is 31.8 Å². The number of methoxy groups -OCH3 is 1. The molecule has 16 nitrogen and oxygen atoms in total. The van der Waals surface area contributed by atoms with E-state index in [0.717, 1.165) is 0 Å². The number of aliphatic hydroxyl groups is 1. The van der Waals surface area contributed by atoms with Gasteiger partial charge in [0.15, 0.2) is 0 Å². The van der Waals surface area contributed by atoms with Gasteiger partial charge in [0.05, 0.1) is 12.0 Å². The molecule has 1 saturated heterocycles. The summed E-state index contributed by atoms with van der Waals surface area (Å²) in [5.74, 6) is -1.63. The fourth-order valence-electron chi connectivity index (χ4n) is 6.11. The van der Waals surface area contributed by atoms with Crippen LogP contribution in [0.2, 0.25) is 0 Å². The summed E-state index contributed by atoms with van der Waals surface area (Å²) in [4.78, 5) is 76.6. The van der Waals surface area contributed by atoms with E-state index in [0.29, 0.717) is 19.4 Å². The number of ether oxygens (including phenoxy) is 3. The Balaban J connectivity index is 1.60. The zero-order chi connectivity index (χ0) is 35.8. The van der Waals surface area contributed by atoms with Gasteiger partial charge >= 0.3 is 18.2 Å². The maximum absolute atomic E-state index is 13.8.